The first-order valence-corrected chi connectivity index (χ1v) is 5.58. The van der Waals surface area contributed by atoms with Crippen LogP contribution in [0.3, 0.4) is 0 Å². The van der Waals surface area contributed by atoms with E-state index in [-0.39, 0.29) is 5.75 Å². The lowest BCUT2D eigenvalue weighted by atomic mass is 10.2. The molecule has 0 aliphatic carbocycles. The predicted octanol–water partition coefficient (Wildman–Crippen LogP) is 1.75. The fraction of sp³-hybridized carbons (Fsp3) is 0.200. The average molecular weight is 236 g/mol. The zero-order valence-electron chi connectivity index (χ0n) is 8.77. The molecule has 6 heteroatoms. The van der Waals surface area contributed by atoms with Gasteiger partial charge in [0.2, 0.25) is 5.13 Å². The summed E-state index contributed by atoms with van der Waals surface area (Å²) in [7, 11) is 0. The van der Waals surface area contributed by atoms with Crippen molar-refractivity contribution in [3.8, 4) is 5.75 Å². The molecule has 4 N–H and O–H groups in total. The number of aryl methyl sites for hydroxylation is 1. The first kappa shape index (κ1) is 10.7. The normalized spacial score (nSPS) is 10.3. The molecule has 0 radical (unpaired) electrons. The molecule has 0 fully saturated rings. The van der Waals surface area contributed by atoms with Crippen molar-refractivity contribution < 1.29 is 5.11 Å². The monoisotopic (exact) mass is 236 g/mol. The molecule has 1 aromatic carbocycles. The highest BCUT2D eigenvalue weighted by molar-refractivity contribution is 7.15. The Balaban J connectivity index is 2.07. The summed E-state index contributed by atoms with van der Waals surface area (Å²) in [6.45, 7) is 2.37. The molecule has 0 saturated carbocycles. The zero-order valence-corrected chi connectivity index (χ0v) is 9.58. The summed E-state index contributed by atoms with van der Waals surface area (Å²) < 4.78 is 0. The van der Waals surface area contributed by atoms with Crippen LogP contribution < -0.4 is 11.1 Å². The minimum Gasteiger partial charge on any atom is -0.508 e. The smallest absolute Gasteiger partial charge is 0.205 e. The lowest BCUT2D eigenvalue weighted by Crippen LogP contribution is -2.00. The van der Waals surface area contributed by atoms with Gasteiger partial charge in [0, 0.05) is 17.8 Å². The topological polar surface area (TPSA) is 84.1 Å². The van der Waals surface area contributed by atoms with Crippen molar-refractivity contribution in [1.29, 1.82) is 0 Å². The minimum absolute atomic E-state index is 0.225. The molecule has 16 heavy (non-hydrogen) atoms. The van der Waals surface area contributed by atoms with Crippen LogP contribution in [0.25, 0.3) is 0 Å². The molecule has 2 aromatic rings. The molecule has 0 unspecified atom stereocenters. The average Bonchev–Trinajstić information content (AvgIpc) is 2.66. The fourth-order valence-corrected chi connectivity index (χ4v) is 1.87. The molecule has 0 spiro atoms. The number of aromatic nitrogens is 2. The Hall–Kier alpha value is -1.82. The van der Waals surface area contributed by atoms with Gasteiger partial charge in [0.25, 0.3) is 0 Å². The van der Waals surface area contributed by atoms with Crippen LogP contribution in [0.5, 0.6) is 5.75 Å². The summed E-state index contributed by atoms with van der Waals surface area (Å²) in [4.78, 5) is 0. The summed E-state index contributed by atoms with van der Waals surface area (Å²) >= 11 is 1.47. The van der Waals surface area contributed by atoms with Crippen molar-refractivity contribution in [2.24, 2.45) is 0 Å². The summed E-state index contributed by atoms with van der Waals surface area (Å²) in [5.41, 5.74) is 7.01. The molecule has 0 aliphatic rings. The predicted molar refractivity (Wildman–Crippen MR) is 64.5 cm³/mol. The third-order valence-corrected chi connectivity index (χ3v) is 2.86. The quantitative estimate of drug-likeness (QED) is 0.558. The van der Waals surface area contributed by atoms with Gasteiger partial charge in [0.05, 0.1) is 0 Å². The second-order valence-electron chi connectivity index (χ2n) is 3.37. The molecule has 84 valence electrons. The van der Waals surface area contributed by atoms with E-state index in [4.69, 9.17) is 5.73 Å². The van der Waals surface area contributed by atoms with E-state index >= 15 is 0 Å². The molecule has 2 rings (SSSR count). The van der Waals surface area contributed by atoms with Crippen molar-refractivity contribution in [2.75, 3.05) is 11.1 Å². The molecule has 1 aromatic heterocycles. The Morgan fingerprint density at radius 2 is 2.25 bits per heavy atom. The number of hydrogen-bond donors (Lipinski definition) is 3. The van der Waals surface area contributed by atoms with Gasteiger partial charge < -0.3 is 16.2 Å². The van der Waals surface area contributed by atoms with E-state index in [9.17, 15) is 5.11 Å². The molecule has 5 nitrogen and oxygen atoms in total. The van der Waals surface area contributed by atoms with E-state index in [1.54, 1.807) is 18.2 Å². The molecular formula is C10H12N4OS. The summed E-state index contributed by atoms with van der Waals surface area (Å²) in [5.74, 6) is 0.225. The molecule has 1 heterocycles. The Labute approximate surface area is 97.0 Å². The second-order valence-corrected chi connectivity index (χ2v) is 4.55. The highest BCUT2D eigenvalue weighted by atomic mass is 32.1. The van der Waals surface area contributed by atoms with Crippen LogP contribution in [0.15, 0.2) is 18.2 Å². The number of aromatic hydroxyl groups is 1. The third-order valence-electron chi connectivity index (χ3n) is 2.06. The first-order chi connectivity index (χ1) is 7.65. The fourth-order valence-electron chi connectivity index (χ4n) is 1.29. The molecule has 0 saturated heterocycles. The minimum atomic E-state index is 0.225. The van der Waals surface area contributed by atoms with Crippen molar-refractivity contribution in [3.63, 3.8) is 0 Å². The van der Waals surface area contributed by atoms with Gasteiger partial charge >= 0.3 is 0 Å². The van der Waals surface area contributed by atoms with E-state index in [0.717, 1.165) is 15.7 Å². The number of nitrogens with one attached hydrogen (secondary N) is 1. The van der Waals surface area contributed by atoms with Gasteiger partial charge in [0.15, 0.2) is 0 Å². The number of benzene rings is 1. The van der Waals surface area contributed by atoms with Gasteiger partial charge in [-0.05, 0) is 25.1 Å². The summed E-state index contributed by atoms with van der Waals surface area (Å²) in [6, 6.07) is 4.97. The Bertz CT molecular complexity index is 497. The Kier molecular flexibility index (Phi) is 2.91. The van der Waals surface area contributed by atoms with Crippen LogP contribution >= 0.6 is 11.3 Å². The standard InChI is InChI=1S/C10H12N4OS/c1-6-13-14-10(16-6)12-5-7-4-8(11)2-3-9(7)15/h2-4,15H,5,11H2,1H3,(H,12,14). The number of hydrogen-bond acceptors (Lipinski definition) is 6. The van der Waals surface area contributed by atoms with Gasteiger partial charge in [-0.15, -0.1) is 10.2 Å². The maximum atomic E-state index is 9.59. The lowest BCUT2D eigenvalue weighted by Gasteiger charge is -2.05. The highest BCUT2D eigenvalue weighted by Crippen LogP contribution is 2.22. The number of phenols is 1. The van der Waals surface area contributed by atoms with Crippen LogP contribution in [0, 0.1) is 6.92 Å². The van der Waals surface area contributed by atoms with Crippen molar-refractivity contribution >= 4 is 22.2 Å². The lowest BCUT2D eigenvalue weighted by molar-refractivity contribution is 0.469. The van der Waals surface area contributed by atoms with Crippen LogP contribution in [-0.2, 0) is 6.54 Å². The Morgan fingerprint density at radius 1 is 1.44 bits per heavy atom. The maximum absolute atomic E-state index is 9.59. The van der Waals surface area contributed by atoms with Crippen molar-refractivity contribution in [1.82, 2.24) is 10.2 Å². The van der Waals surface area contributed by atoms with Gasteiger partial charge in [-0.3, -0.25) is 0 Å². The summed E-state index contributed by atoms with van der Waals surface area (Å²) in [6.07, 6.45) is 0. The first-order valence-electron chi connectivity index (χ1n) is 4.76. The van der Waals surface area contributed by atoms with Crippen LogP contribution in [0.4, 0.5) is 10.8 Å². The number of phenolic OH excluding ortho intramolecular Hbond substituents is 1. The van der Waals surface area contributed by atoms with E-state index < -0.39 is 0 Å². The molecule has 0 bridgehead atoms. The SMILES string of the molecule is Cc1nnc(NCc2cc(N)ccc2O)s1. The van der Waals surface area contributed by atoms with Gasteiger partial charge in [-0.25, -0.2) is 0 Å². The molecule has 0 amide bonds. The number of nitrogens with zero attached hydrogens (tertiary/aromatic N) is 2. The van der Waals surface area contributed by atoms with Crippen LogP contribution in [0.2, 0.25) is 0 Å². The van der Waals surface area contributed by atoms with Crippen molar-refractivity contribution in [3.05, 3.63) is 28.8 Å². The second kappa shape index (κ2) is 4.36. The van der Waals surface area contributed by atoms with Crippen LogP contribution in [-0.4, -0.2) is 15.3 Å². The zero-order chi connectivity index (χ0) is 11.5. The maximum Gasteiger partial charge on any atom is 0.205 e. The van der Waals surface area contributed by atoms with E-state index in [2.05, 4.69) is 15.5 Å². The molecular weight excluding hydrogens is 224 g/mol. The highest BCUT2D eigenvalue weighted by Gasteiger charge is 2.03. The number of nitrogen functional groups attached to an aromatic ring is 1. The van der Waals surface area contributed by atoms with Crippen molar-refractivity contribution in [2.45, 2.75) is 13.5 Å². The summed E-state index contributed by atoms with van der Waals surface area (Å²) in [5, 5.41) is 22.1. The number of anilines is 2. The largest absolute Gasteiger partial charge is 0.508 e. The van der Waals surface area contributed by atoms with E-state index in [1.807, 2.05) is 6.92 Å². The van der Waals surface area contributed by atoms with Crippen LogP contribution in [0.1, 0.15) is 10.6 Å². The van der Waals surface area contributed by atoms with Gasteiger partial charge in [0.1, 0.15) is 10.8 Å². The molecule has 0 atom stereocenters. The van der Waals surface area contributed by atoms with E-state index in [0.29, 0.717) is 12.2 Å². The molecule has 0 aliphatic heterocycles. The van der Waals surface area contributed by atoms with E-state index in [1.165, 1.54) is 11.3 Å². The van der Waals surface area contributed by atoms with Gasteiger partial charge in [-0.1, -0.05) is 11.3 Å². The number of nitrogens with two attached hydrogens (primary N) is 1. The third kappa shape index (κ3) is 2.40. The number of rotatable bonds is 3. The van der Waals surface area contributed by atoms with Gasteiger partial charge in [-0.2, -0.15) is 0 Å². The Morgan fingerprint density at radius 3 is 2.94 bits per heavy atom.